The maximum atomic E-state index is 5.16. The van der Waals surface area contributed by atoms with E-state index in [0.717, 1.165) is 11.5 Å². The second kappa shape index (κ2) is 7.43. The van der Waals surface area contributed by atoms with Crippen molar-refractivity contribution in [1.82, 2.24) is 0 Å². The summed E-state index contributed by atoms with van der Waals surface area (Å²) >= 11 is -0.0237. The van der Waals surface area contributed by atoms with Crippen LogP contribution in [0.15, 0.2) is 48.5 Å². The van der Waals surface area contributed by atoms with Gasteiger partial charge in [0.25, 0.3) is 0 Å². The van der Waals surface area contributed by atoms with Crippen molar-refractivity contribution in [2.45, 2.75) is 8.94 Å². The summed E-state index contributed by atoms with van der Waals surface area (Å²) in [7, 11) is 3.40. The molecule has 0 atom stereocenters. The summed E-state index contributed by atoms with van der Waals surface area (Å²) in [5.74, 6) is 1.86. The minimum absolute atomic E-state index is 0.0237. The Hall–Kier alpha value is -1.17. The molecule has 19 heavy (non-hydrogen) atoms. The van der Waals surface area contributed by atoms with Crippen molar-refractivity contribution in [1.29, 1.82) is 0 Å². The van der Waals surface area contributed by atoms with E-state index in [2.05, 4.69) is 24.3 Å². The van der Waals surface area contributed by atoms with Gasteiger partial charge in [-0.2, -0.15) is 0 Å². The summed E-state index contributed by atoms with van der Waals surface area (Å²) < 4.78 is 12.8. The summed E-state index contributed by atoms with van der Waals surface area (Å²) in [6.07, 6.45) is 0. The van der Waals surface area contributed by atoms with Crippen molar-refractivity contribution in [2.24, 2.45) is 0 Å². The van der Waals surface area contributed by atoms with Crippen LogP contribution in [0.2, 0.25) is 0 Å². The molecule has 0 fully saturated rings. The van der Waals surface area contributed by atoms with E-state index < -0.39 is 0 Å². The number of benzene rings is 2. The van der Waals surface area contributed by atoms with Gasteiger partial charge in [0, 0.05) is 0 Å². The van der Waals surface area contributed by atoms with Crippen LogP contribution < -0.4 is 9.47 Å². The van der Waals surface area contributed by atoms with Crippen molar-refractivity contribution in [3.8, 4) is 11.5 Å². The fourth-order valence-corrected chi connectivity index (χ4v) is 4.47. The van der Waals surface area contributed by atoms with Crippen molar-refractivity contribution in [2.75, 3.05) is 14.2 Å². The Kier molecular flexibility index (Phi) is 5.57. The maximum absolute atomic E-state index is 5.16. The van der Waals surface area contributed by atoms with E-state index in [4.69, 9.17) is 9.47 Å². The van der Waals surface area contributed by atoms with Crippen LogP contribution in [-0.4, -0.2) is 35.1 Å². The zero-order valence-corrected chi connectivity index (χ0v) is 13.6. The van der Waals surface area contributed by atoms with Gasteiger partial charge >= 0.3 is 125 Å². The van der Waals surface area contributed by atoms with Crippen molar-refractivity contribution in [3.05, 3.63) is 59.7 Å². The predicted octanol–water partition coefficient (Wildman–Crippen LogP) is 3.11. The first-order valence-electron chi connectivity index (χ1n) is 6.15. The molecule has 99 valence electrons. The molecular formula is C16H18O2Te+. The van der Waals surface area contributed by atoms with Gasteiger partial charge in [0.05, 0.1) is 0 Å². The first-order valence-corrected chi connectivity index (χ1v) is 9.45. The Balaban J connectivity index is 1.81. The molecule has 0 bridgehead atoms. The molecule has 0 N–H and O–H groups in total. The third-order valence-electron chi connectivity index (χ3n) is 2.86. The Morgan fingerprint density at radius 1 is 0.684 bits per heavy atom. The second-order valence-corrected chi connectivity index (χ2v) is 7.00. The van der Waals surface area contributed by atoms with Crippen LogP contribution in [0.1, 0.15) is 11.1 Å². The molecule has 0 aromatic heterocycles. The Morgan fingerprint density at radius 3 is 1.37 bits per heavy atom. The van der Waals surface area contributed by atoms with Crippen LogP contribution in [0.3, 0.4) is 0 Å². The number of methoxy groups -OCH3 is 2. The Morgan fingerprint density at radius 2 is 1.05 bits per heavy atom. The van der Waals surface area contributed by atoms with Gasteiger partial charge in [-0.1, -0.05) is 0 Å². The predicted molar refractivity (Wildman–Crippen MR) is 79.2 cm³/mol. The van der Waals surface area contributed by atoms with Gasteiger partial charge in [0.15, 0.2) is 0 Å². The van der Waals surface area contributed by atoms with Gasteiger partial charge in [-0.3, -0.25) is 0 Å². The van der Waals surface area contributed by atoms with Crippen molar-refractivity contribution >= 4 is 20.9 Å². The molecule has 1 radical (unpaired) electrons. The summed E-state index contributed by atoms with van der Waals surface area (Å²) in [5.41, 5.74) is 2.83. The van der Waals surface area contributed by atoms with Gasteiger partial charge in [0.2, 0.25) is 0 Å². The quantitative estimate of drug-likeness (QED) is 0.728. The summed E-state index contributed by atoms with van der Waals surface area (Å²) in [6, 6.07) is 16.8. The van der Waals surface area contributed by atoms with E-state index in [9.17, 15) is 0 Å². The first kappa shape index (κ1) is 14.2. The van der Waals surface area contributed by atoms with Gasteiger partial charge in [0.1, 0.15) is 0 Å². The van der Waals surface area contributed by atoms with Crippen LogP contribution in [0.5, 0.6) is 11.5 Å². The molecule has 0 aliphatic heterocycles. The van der Waals surface area contributed by atoms with Crippen molar-refractivity contribution in [3.63, 3.8) is 0 Å². The van der Waals surface area contributed by atoms with Gasteiger partial charge in [-0.15, -0.1) is 0 Å². The van der Waals surface area contributed by atoms with Crippen molar-refractivity contribution < 1.29 is 9.47 Å². The van der Waals surface area contributed by atoms with Crippen LogP contribution in [-0.2, 0) is 8.94 Å². The monoisotopic (exact) mass is 372 g/mol. The molecule has 0 saturated carbocycles. The summed E-state index contributed by atoms with van der Waals surface area (Å²) in [4.78, 5) is 0. The third kappa shape index (κ3) is 4.45. The van der Waals surface area contributed by atoms with Gasteiger partial charge in [-0.05, 0) is 0 Å². The van der Waals surface area contributed by atoms with Crippen LogP contribution in [0, 0.1) is 0 Å². The Bertz CT molecular complexity index is 444. The third-order valence-corrected chi connectivity index (χ3v) is 5.92. The molecule has 2 rings (SSSR count). The topological polar surface area (TPSA) is 18.5 Å². The van der Waals surface area contributed by atoms with Gasteiger partial charge in [-0.25, -0.2) is 0 Å². The van der Waals surface area contributed by atoms with E-state index in [-0.39, 0.29) is 20.9 Å². The number of rotatable bonds is 6. The zero-order chi connectivity index (χ0) is 13.5. The molecule has 2 aromatic rings. The molecule has 0 heterocycles. The average Bonchev–Trinajstić information content (AvgIpc) is 2.49. The standard InChI is InChI=1S/C16H18O2Te/c1-17-15-7-3-13(4-8-15)11-19-12-14-5-9-16(18-2)10-6-14/h3-10H,11-12H2,1-2H3/q+1. The normalized spacial score (nSPS) is 10.2. The Labute approximate surface area is 124 Å². The number of ether oxygens (including phenoxy) is 2. The number of hydrogen-bond acceptors (Lipinski definition) is 2. The van der Waals surface area contributed by atoms with Crippen LogP contribution in [0.25, 0.3) is 0 Å². The zero-order valence-electron chi connectivity index (χ0n) is 11.3. The van der Waals surface area contributed by atoms with E-state index in [1.54, 1.807) is 14.2 Å². The van der Waals surface area contributed by atoms with E-state index in [1.807, 2.05) is 24.3 Å². The molecule has 3 heteroatoms. The SMILES string of the molecule is COc1ccc(C[Te+]Cc2ccc(OC)cc2)cc1. The molecule has 0 spiro atoms. The molecule has 0 unspecified atom stereocenters. The number of hydrogen-bond donors (Lipinski definition) is 0. The molecule has 0 amide bonds. The van der Waals surface area contributed by atoms with Crippen LogP contribution >= 0.6 is 0 Å². The molecule has 2 aromatic carbocycles. The summed E-state index contributed by atoms with van der Waals surface area (Å²) in [6.45, 7) is 0. The molecule has 0 saturated heterocycles. The van der Waals surface area contributed by atoms with E-state index >= 15 is 0 Å². The summed E-state index contributed by atoms with van der Waals surface area (Å²) in [5, 5.41) is 0. The first-order chi connectivity index (χ1) is 9.31. The molecular weight excluding hydrogens is 352 g/mol. The fraction of sp³-hybridized carbons (Fsp3) is 0.250. The average molecular weight is 370 g/mol. The molecule has 0 aliphatic carbocycles. The fourth-order valence-electron chi connectivity index (χ4n) is 1.73. The van der Waals surface area contributed by atoms with E-state index in [0.29, 0.717) is 0 Å². The van der Waals surface area contributed by atoms with E-state index in [1.165, 1.54) is 20.1 Å². The molecule has 2 nitrogen and oxygen atoms in total. The second-order valence-electron chi connectivity index (χ2n) is 4.19. The van der Waals surface area contributed by atoms with Gasteiger partial charge < -0.3 is 0 Å². The minimum atomic E-state index is -0.0237. The molecule has 0 aliphatic rings. The van der Waals surface area contributed by atoms with Crippen LogP contribution in [0.4, 0.5) is 0 Å².